The van der Waals surface area contributed by atoms with Gasteiger partial charge in [-0.2, -0.15) is 0 Å². The number of carbonyl (C=O) groups excluding carboxylic acids is 1. The second kappa shape index (κ2) is 7.79. The molecule has 120 valence electrons. The number of hydrogen-bond acceptors (Lipinski definition) is 6. The highest BCUT2D eigenvalue weighted by Crippen LogP contribution is 2.16. The molecule has 0 bridgehead atoms. The lowest BCUT2D eigenvalue weighted by atomic mass is 10.1. The van der Waals surface area contributed by atoms with Gasteiger partial charge in [0.1, 0.15) is 16.4 Å². The van der Waals surface area contributed by atoms with E-state index in [1.165, 1.54) is 18.2 Å². The molecule has 23 heavy (non-hydrogen) atoms. The quantitative estimate of drug-likeness (QED) is 0.337. The number of benzene rings is 1. The number of methoxy groups -OCH3 is 1. The van der Waals surface area contributed by atoms with Crippen molar-refractivity contribution >= 4 is 17.9 Å². The van der Waals surface area contributed by atoms with Crippen LogP contribution in [0.2, 0.25) is 0 Å². The summed E-state index contributed by atoms with van der Waals surface area (Å²) in [6.07, 6.45) is 3.06. The molecule has 0 saturated carbocycles. The molecule has 0 amide bonds. The molecular formula is C16H15NO6. The number of ether oxygens (including phenoxy) is 2. The Balaban J connectivity index is 1.77. The van der Waals surface area contributed by atoms with Crippen molar-refractivity contribution in [1.29, 1.82) is 0 Å². The number of carbonyl (C=O) groups is 1. The molecule has 2 aromatic rings. The van der Waals surface area contributed by atoms with Gasteiger partial charge in [-0.1, -0.05) is 12.1 Å². The number of esters is 1. The van der Waals surface area contributed by atoms with Crippen LogP contribution in [0.25, 0.3) is 6.08 Å². The summed E-state index contributed by atoms with van der Waals surface area (Å²) in [6, 6.07) is 10.1. The molecule has 0 aliphatic rings. The van der Waals surface area contributed by atoms with Gasteiger partial charge in [0.25, 0.3) is 0 Å². The van der Waals surface area contributed by atoms with Crippen molar-refractivity contribution in [3.05, 3.63) is 63.9 Å². The van der Waals surface area contributed by atoms with Crippen LogP contribution >= 0.6 is 0 Å². The van der Waals surface area contributed by atoms with E-state index in [9.17, 15) is 14.9 Å². The summed E-state index contributed by atoms with van der Waals surface area (Å²) in [5.74, 6) is 0.0557. The largest absolute Gasteiger partial charge is 0.497 e. The first-order chi connectivity index (χ1) is 11.1. The van der Waals surface area contributed by atoms with Crippen LogP contribution < -0.4 is 4.74 Å². The molecule has 7 heteroatoms. The third-order valence-corrected chi connectivity index (χ3v) is 2.97. The van der Waals surface area contributed by atoms with E-state index in [0.717, 1.165) is 17.4 Å². The maximum Gasteiger partial charge on any atom is 0.433 e. The fourth-order valence-corrected chi connectivity index (χ4v) is 1.79. The average Bonchev–Trinajstić information content (AvgIpc) is 3.03. The van der Waals surface area contributed by atoms with Gasteiger partial charge in [-0.15, -0.1) is 0 Å². The Labute approximate surface area is 132 Å². The maximum atomic E-state index is 11.5. The van der Waals surface area contributed by atoms with Crippen molar-refractivity contribution in [1.82, 2.24) is 0 Å². The van der Waals surface area contributed by atoms with Crippen molar-refractivity contribution in [2.75, 3.05) is 13.7 Å². The summed E-state index contributed by atoms with van der Waals surface area (Å²) < 4.78 is 15.0. The summed E-state index contributed by atoms with van der Waals surface area (Å²) in [5, 5.41) is 10.5. The lowest BCUT2D eigenvalue weighted by Crippen LogP contribution is -2.04. The highest BCUT2D eigenvalue weighted by atomic mass is 16.6. The van der Waals surface area contributed by atoms with Gasteiger partial charge >= 0.3 is 11.9 Å². The third kappa shape index (κ3) is 4.99. The predicted molar refractivity (Wildman–Crippen MR) is 82.1 cm³/mol. The van der Waals surface area contributed by atoms with E-state index in [1.807, 2.05) is 24.3 Å². The number of furan rings is 1. The summed E-state index contributed by atoms with van der Waals surface area (Å²) in [6.45, 7) is 0.230. The molecule has 0 N–H and O–H groups in total. The summed E-state index contributed by atoms with van der Waals surface area (Å²) in [4.78, 5) is 21.4. The molecule has 1 aromatic heterocycles. The van der Waals surface area contributed by atoms with Crippen LogP contribution in [0.1, 0.15) is 11.3 Å². The number of rotatable bonds is 7. The van der Waals surface area contributed by atoms with E-state index < -0.39 is 10.9 Å². The summed E-state index contributed by atoms with van der Waals surface area (Å²) >= 11 is 0. The number of nitro groups is 1. The van der Waals surface area contributed by atoms with Crippen LogP contribution in [0.4, 0.5) is 5.88 Å². The van der Waals surface area contributed by atoms with Gasteiger partial charge in [-0.25, -0.2) is 4.79 Å². The minimum absolute atomic E-state index is 0.212. The Bertz CT molecular complexity index is 702. The topological polar surface area (TPSA) is 91.8 Å². The molecule has 0 aliphatic carbocycles. The smallest absolute Gasteiger partial charge is 0.433 e. The number of hydrogen-bond donors (Lipinski definition) is 0. The van der Waals surface area contributed by atoms with Crippen molar-refractivity contribution < 1.29 is 23.6 Å². The molecule has 2 rings (SSSR count). The Hall–Kier alpha value is -3.09. The van der Waals surface area contributed by atoms with E-state index in [1.54, 1.807) is 7.11 Å². The van der Waals surface area contributed by atoms with Crippen LogP contribution in [0, 0.1) is 10.1 Å². The van der Waals surface area contributed by atoms with Gasteiger partial charge in [0, 0.05) is 12.5 Å². The lowest BCUT2D eigenvalue weighted by molar-refractivity contribution is -0.402. The molecule has 0 atom stereocenters. The minimum atomic E-state index is -0.648. The zero-order valence-corrected chi connectivity index (χ0v) is 12.4. The predicted octanol–water partition coefficient (Wildman–Crippen LogP) is 3.00. The SMILES string of the molecule is COc1ccc(CCOC(=O)/C=C/c2ccc([N+](=O)[O-])o2)cc1. The van der Waals surface area contributed by atoms with Crippen molar-refractivity contribution in [2.45, 2.75) is 6.42 Å². The van der Waals surface area contributed by atoms with Crippen molar-refractivity contribution in [2.24, 2.45) is 0 Å². The molecule has 0 fully saturated rings. The standard InChI is InChI=1S/C16H15NO6/c1-21-13-4-2-12(3-5-13)10-11-22-16(18)9-7-14-6-8-15(23-14)17(19)20/h2-9H,10-11H2,1H3/b9-7+. The monoisotopic (exact) mass is 317 g/mol. The highest BCUT2D eigenvalue weighted by Gasteiger charge is 2.10. The molecule has 0 spiro atoms. The van der Waals surface area contributed by atoms with Crippen molar-refractivity contribution in [3.8, 4) is 5.75 Å². The molecule has 1 aromatic carbocycles. The molecule has 1 heterocycles. The van der Waals surface area contributed by atoms with Gasteiger partial charge < -0.3 is 13.9 Å². The summed E-state index contributed by atoms with van der Waals surface area (Å²) in [7, 11) is 1.59. The average molecular weight is 317 g/mol. The number of nitrogens with zero attached hydrogens (tertiary/aromatic N) is 1. The van der Waals surface area contributed by atoms with Crippen LogP contribution in [-0.4, -0.2) is 24.6 Å². The molecular weight excluding hydrogens is 302 g/mol. The van der Waals surface area contributed by atoms with E-state index in [2.05, 4.69) is 0 Å². The molecule has 7 nitrogen and oxygen atoms in total. The second-order valence-corrected chi connectivity index (χ2v) is 4.53. The van der Waals surface area contributed by atoms with Gasteiger partial charge in [0.05, 0.1) is 19.8 Å². The molecule has 0 aliphatic heterocycles. The van der Waals surface area contributed by atoms with Gasteiger partial charge in [-0.05, 0) is 29.8 Å². The normalized spacial score (nSPS) is 10.7. The van der Waals surface area contributed by atoms with E-state index in [-0.39, 0.29) is 18.3 Å². The van der Waals surface area contributed by atoms with Gasteiger partial charge in [-0.3, -0.25) is 10.1 Å². The van der Waals surface area contributed by atoms with Crippen LogP contribution in [0.3, 0.4) is 0 Å². The Morgan fingerprint density at radius 3 is 2.61 bits per heavy atom. The first kappa shape index (κ1) is 16.3. The minimum Gasteiger partial charge on any atom is -0.497 e. The Morgan fingerprint density at radius 2 is 2.00 bits per heavy atom. The van der Waals surface area contributed by atoms with E-state index >= 15 is 0 Å². The van der Waals surface area contributed by atoms with Gasteiger partial charge in [0.2, 0.25) is 0 Å². The second-order valence-electron chi connectivity index (χ2n) is 4.53. The van der Waals surface area contributed by atoms with Gasteiger partial charge in [0.15, 0.2) is 0 Å². The zero-order chi connectivity index (χ0) is 16.7. The van der Waals surface area contributed by atoms with Crippen LogP contribution in [-0.2, 0) is 16.0 Å². The Kier molecular flexibility index (Phi) is 5.51. The van der Waals surface area contributed by atoms with Crippen LogP contribution in [0.15, 0.2) is 46.9 Å². The lowest BCUT2D eigenvalue weighted by Gasteiger charge is -2.04. The first-order valence-electron chi connectivity index (χ1n) is 6.80. The Morgan fingerprint density at radius 1 is 1.26 bits per heavy atom. The molecule has 0 saturated heterocycles. The van der Waals surface area contributed by atoms with E-state index in [4.69, 9.17) is 13.9 Å². The third-order valence-electron chi connectivity index (χ3n) is 2.97. The zero-order valence-electron chi connectivity index (χ0n) is 12.4. The van der Waals surface area contributed by atoms with E-state index in [0.29, 0.717) is 6.42 Å². The fraction of sp³-hybridized carbons (Fsp3) is 0.188. The van der Waals surface area contributed by atoms with Crippen molar-refractivity contribution in [3.63, 3.8) is 0 Å². The molecule has 0 unspecified atom stereocenters. The van der Waals surface area contributed by atoms with Crippen LogP contribution in [0.5, 0.6) is 5.75 Å². The first-order valence-corrected chi connectivity index (χ1v) is 6.80. The highest BCUT2D eigenvalue weighted by molar-refractivity contribution is 5.86. The summed E-state index contributed by atoms with van der Waals surface area (Å²) in [5.41, 5.74) is 1.02. The fourth-order valence-electron chi connectivity index (χ4n) is 1.79. The maximum absolute atomic E-state index is 11.5. The molecule has 0 radical (unpaired) electrons.